The Morgan fingerprint density at radius 2 is 1.45 bits per heavy atom. The molecule has 0 saturated heterocycles. The number of hydrogen-bond donors (Lipinski definition) is 3. The number of nitrogens with one attached hydrogen (secondary N) is 1. The number of nitrogens with zero attached hydrogens (tertiary/aromatic N) is 1. The predicted octanol–water partition coefficient (Wildman–Crippen LogP) is 5.98. The van der Waals surface area contributed by atoms with E-state index in [0.717, 1.165) is 4.47 Å². The van der Waals surface area contributed by atoms with Crippen molar-refractivity contribution in [3.05, 3.63) is 55.5 Å². The van der Waals surface area contributed by atoms with Crippen LogP contribution in [0.1, 0.15) is 68.6 Å². The third kappa shape index (κ3) is 5.60. The SMILES string of the molecule is CC(C)(C)c1cc(C(=O)NN=Cc2cc(Br)cc(Br)c2O)cc(C(C)(C)C)c1O. The van der Waals surface area contributed by atoms with Crippen LogP contribution in [-0.2, 0) is 10.8 Å². The Morgan fingerprint density at radius 1 is 0.931 bits per heavy atom. The zero-order chi connectivity index (χ0) is 22.1. The highest BCUT2D eigenvalue weighted by atomic mass is 79.9. The molecule has 0 heterocycles. The summed E-state index contributed by atoms with van der Waals surface area (Å²) in [6.07, 6.45) is 1.37. The molecule has 0 fully saturated rings. The summed E-state index contributed by atoms with van der Waals surface area (Å²) in [6.45, 7) is 11.9. The van der Waals surface area contributed by atoms with Crippen molar-refractivity contribution in [1.82, 2.24) is 5.43 Å². The van der Waals surface area contributed by atoms with Crippen LogP contribution in [-0.4, -0.2) is 22.3 Å². The van der Waals surface area contributed by atoms with Gasteiger partial charge in [-0.1, -0.05) is 57.5 Å². The molecule has 2 aromatic carbocycles. The van der Waals surface area contributed by atoms with Gasteiger partial charge in [0.1, 0.15) is 11.5 Å². The Morgan fingerprint density at radius 3 is 1.93 bits per heavy atom. The van der Waals surface area contributed by atoms with Gasteiger partial charge in [0, 0.05) is 26.7 Å². The normalized spacial score (nSPS) is 12.4. The van der Waals surface area contributed by atoms with Gasteiger partial charge >= 0.3 is 0 Å². The number of rotatable bonds is 3. The quantitative estimate of drug-likeness (QED) is 0.340. The van der Waals surface area contributed by atoms with Crippen LogP contribution < -0.4 is 5.43 Å². The van der Waals surface area contributed by atoms with Crippen LogP contribution in [0, 0.1) is 0 Å². The highest BCUT2D eigenvalue weighted by Gasteiger charge is 2.27. The first-order chi connectivity index (χ1) is 13.2. The second kappa shape index (κ2) is 8.48. The summed E-state index contributed by atoms with van der Waals surface area (Å²) in [5, 5.41) is 24.8. The van der Waals surface area contributed by atoms with Crippen molar-refractivity contribution in [2.24, 2.45) is 5.10 Å². The molecular weight excluding hydrogens is 500 g/mol. The summed E-state index contributed by atoms with van der Waals surface area (Å²) in [5.74, 6) is -0.152. The van der Waals surface area contributed by atoms with E-state index in [0.29, 0.717) is 26.7 Å². The topological polar surface area (TPSA) is 81.9 Å². The Labute approximate surface area is 188 Å². The fraction of sp³-hybridized carbons (Fsp3) is 0.364. The molecule has 1 amide bonds. The van der Waals surface area contributed by atoms with E-state index in [-0.39, 0.29) is 22.3 Å². The third-order valence-electron chi connectivity index (χ3n) is 4.42. The minimum Gasteiger partial charge on any atom is -0.507 e. The van der Waals surface area contributed by atoms with Gasteiger partial charge in [-0.3, -0.25) is 4.79 Å². The molecule has 5 nitrogen and oxygen atoms in total. The average molecular weight is 526 g/mol. The molecule has 156 valence electrons. The van der Waals surface area contributed by atoms with Crippen molar-refractivity contribution >= 4 is 44.0 Å². The molecule has 7 heteroatoms. The van der Waals surface area contributed by atoms with Crippen LogP contribution in [0.25, 0.3) is 0 Å². The van der Waals surface area contributed by atoms with Gasteiger partial charge < -0.3 is 10.2 Å². The maximum atomic E-state index is 12.7. The van der Waals surface area contributed by atoms with E-state index in [9.17, 15) is 15.0 Å². The molecule has 0 saturated carbocycles. The number of carbonyl (C=O) groups is 1. The molecule has 0 aromatic heterocycles. The molecule has 0 atom stereocenters. The number of phenols is 2. The third-order valence-corrected chi connectivity index (χ3v) is 5.48. The molecule has 2 rings (SSSR count). The zero-order valence-corrected chi connectivity index (χ0v) is 20.6. The largest absolute Gasteiger partial charge is 0.507 e. The number of carbonyl (C=O) groups excluding carboxylic acids is 1. The highest BCUT2D eigenvalue weighted by molar-refractivity contribution is 9.11. The van der Waals surface area contributed by atoms with Gasteiger partial charge in [-0.25, -0.2) is 5.43 Å². The molecule has 0 bridgehead atoms. The van der Waals surface area contributed by atoms with Crippen molar-refractivity contribution in [3.63, 3.8) is 0 Å². The minimum absolute atomic E-state index is 0.0286. The van der Waals surface area contributed by atoms with E-state index in [1.165, 1.54) is 6.21 Å². The van der Waals surface area contributed by atoms with Crippen molar-refractivity contribution in [2.75, 3.05) is 0 Å². The highest BCUT2D eigenvalue weighted by Crippen LogP contribution is 2.39. The van der Waals surface area contributed by atoms with Gasteiger partial charge in [0.15, 0.2) is 0 Å². The summed E-state index contributed by atoms with van der Waals surface area (Å²) in [5.41, 5.74) is 4.09. The van der Waals surface area contributed by atoms with Crippen LogP contribution in [0.3, 0.4) is 0 Å². The molecule has 0 aliphatic carbocycles. The lowest BCUT2D eigenvalue weighted by atomic mass is 9.78. The van der Waals surface area contributed by atoms with E-state index >= 15 is 0 Å². The van der Waals surface area contributed by atoms with Crippen molar-refractivity contribution in [1.29, 1.82) is 0 Å². The number of halogens is 2. The summed E-state index contributed by atoms with van der Waals surface area (Å²) < 4.78 is 1.28. The van der Waals surface area contributed by atoms with E-state index in [4.69, 9.17) is 0 Å². The fourth-order valence-corrected chi connectivity index (χ4v) is 4.08. The van der Waals surface area contributed by atoms with E-state index in [2.05, 4.69) is 42.4 Å². The van der Waals surface area contributed by atoms with Crippen LogP contribution in [0.4, 0.5) is 0 Å². The van der Waals surface area contributed by atoms with Gasteiger partial charge in [-0.2, -0.15) is 5.10 Å². The lowest BCUT2D eigenvalue weighted by molar-refractivity contribution is 0.0955. The van der Waals surface area contributed by atoms with Crippen LogP contribution >= 0.6 is 31.9 Å². The smallest absolute Gasteiger partial charge is 0.271 e. The van der Waals surface area contributed by atoms with Gasteiger partial charge in [0.25, 0.3) is 5.91 Å². The number of hydrogen-bond acceptors (Lipinski definition) is 4. The first kappa shape index (κ1) is 23.4. The standard InChI is InChI=1S/C22H26Br2N2O3/c1-21(2,3)15-8-12(9-16(19(15)28)22(4,5)6)20(29)26-25-11-13-7-14(23)10-17(24)18(13)27/h7-11,27-28H,1-6H3,(H,26,29). The average Bonchev–Trinajstić information content (AvgIpc) is 2.56. The Kier molecular flexibility index (Phi) is 6.85. The summed E-state index contributed by atoms with van der Waals surface area (Å²) in [6, 6.07) is 6.79. The summed E-state index contributed by atoms with van der Waals surface area (Å²) >= 11 is 6.61. The number of amides is 1. The Balaban J connectivity index is 2.38. The van der Waals surface area contributed by atoms with Crippen LogP contribution in [0.5, 0.6) is 11.5 Å². The van der Waals surface area contributed by atoms with Crippen LogP contribution in [0.2, 0.25) is 0 Å². The minimum atomic E-state index is -0.397. The predicted molar refractivity (Wildman–Crippen MR) is 124 cm³/mol. The molecule has 0 aliphatic heterocycles. The van der Waals surface area contributed by atoms with E-state index in [1.54, 1.807) is 24.3 Å². The van der Waals surface area contributed by atoms with E-state index in [1.807, 2.05) is 41.5 Å². The second-order valence-electron chi connectivity index (χ2n) is 8.94. The van der Waals surface area contributed by atoms with E-state index < -0.39 is 5.91 Å². The lowest BCUT2D eigenvalue weighted by Gasteiger charge is -2.28. The Hall–Kier alpha value is -1.86. The molecule has 0 unspecified atom stereocenters. The molecule has 3 N–H and O–H groups in total. The van der Waals surface area contributed by atoms with Gasteiger partial charge in [0.2, 0.25) is 0 Å². The molecule has 0 spiro atoms. The number of phenolic OH excluding ortho intramolecular Hbond substituents is 2. The fourth-order valence-electron chi connectivity index (χ4n) is 2.82. The maximum Gasteiger partial charge on any atom is 0.271 e. The lowest BCUT2D eigenvalue weighted by Crippen LogP contribution is -2.22. The molecular formula is C22H26Br2N2O3. The zero-order valence-electron chi connectivity index (χ0n) is 17.4. The van der Waals surface area contributed by atoms with Crippen molar-refractivity contribution < 1.29 is 15.0 Å². The van der Waals surface area contributed by atoms with Crippen molar-refractivity contribution in [2.45, 2.75) is 52.4 Å². The Bertz CT molecular complexity index is 936. The maximum absolute atomic E-state index is 12.7. The number of hydrazone groups is 1. The molecule has 2 aromatic rings. The van der Waals surface area contributed by atoms with Gasteiger partial charge in [-0.15, -0.1) is 0 Å². The summed E-state index contributed by atoms with van der Waals surface area (Å²) in [4.78, 5) is 12.7. The molecule has 29 heavy (non-hydrogen) atoms. The van der Waals surface area contributed by atoms with Gasteiger partial charge in [-0.05, 0) is 51.0 Å². The second-order valence-corrected chi connectivity index (χ2v) is 10.7. The number of aromatic hydroxyl groups is 2. The molecule has 0 aliphatic rings. The van der Waals surface area contributed by atoms with Crippen LogP contribution in [0.15, 0.2) is 38.3 Å². The molecule has 0 radical (unpaired) electrons. The number of benzene rings is 2. The first-order valence-corrected chi connectivity index (χ1v) is 10.7. The van der Waals surface area contributed by atoms with Crippen molar-refractivity contribution in [3.8, 4) is 11.5 Å². The van der Waals surface area contributed by atoms with Gasteiger partial charge in [0.05, 0.1) is 10.7 Å². The first-order valence-electron chi connectivity index (χ1n) is 9.11. The monoisotopic (exact) mass is 524 g/mol. The summed E-state index contributed by atoms with van der Waals surface area (Å²) in [7, 11) is 0.